The topological polar surface area (TPSA) is 124 Å². The number of aromatic nitrogens is 7. The van der Waals surface area contributed by atoms with E-state index in [-0.39, 0.29) is 12.6 Å². The van der Waals surface area contributed by atoms with Crippen molar-refractivity contribution in [1.82, 2.24) is 34.8 Å². The molecule has 1 atom stereocenters. The number of anilines is 1. The fourth-order valence-corrected chi connectivity index (χ4v) is 2.46. The Balaban J connectivity index is 0.000000526. The molecule has 1 N–H and O–H groups in total. The highest BCUT2D eigenvalue weighted by atomic mass is 16.5. The van der Waals surface area contributed by atoms with Gasteiger partial charge in [-0.1, -0.05) is 6.07 Å². The molecule has 4 rings (SSSR count). The normalized spacial score (nSPS) is 17.4. The van der Waals surface area contributed by atoms with E-state index < -0.39 is 0 Å². The summed E-state index contributed by atoms with van der Waals surface area (Å²) in [7, 11) is 1.74. The summed E-state index contributed by atoms with van der Waals surface area (Å²) in [5, 5.41) is 27.4. The molecule has 0 bridgehead atoms. The number of carbonyl (C=O) groups is 1. The molecular weight excluding hydrogens is 316 g/mol. The molecule has 1 aliphatic rings. The van der Waals surface area contributed by atoms with Crippen LogP contribution in [0.5, 0.6) is 0 Å². The van der Waals surface area contributed by atoms with Gasteiger partial charge in [0.25, 0.3) is 6.47 Å². The highest BCUT2D eigenvalue weighted by Crippen LogP contribution is 2.22. The molecule has 1 saturated heterocycles. The zero-order valence-corrected chi connectivity index (χ0v) is 12.9. The average Bonchev–Trinajstić information content (AvgIpc) is 3.22. The number of hydrogen-bond donors (Lipinski definition) is 1. The smallest absolute Gasteiger partial charge is 0.290 e. The van der Waals surface area contributed by atoms with Gasteiger partial charge in [-0.3, -0.25) is 9.20 Å². The maximum atomic E-state index is 8.36. The number of ether oxygens (including phenoxy) is 1. The molecule has 11 heteroatoms. The molecule has 24 heavy (non-hydrogen) atoms. The highest BCUT2D eigenvalue weighted by molar-refractivity contribution is 5.46. The highest BCUT2D eigenvalue weighted by Gasteiger charge is 2.27. The summed E-state index contributed by atoms with van der Waals surface area (Å²) in [6.07, 6.45) is 1.75. The first-order valence-electron chi connectivity index (χ1n) is 7.21. The van der Waals surface area contributed by atoms with Crippen molar-refractivity contribution in [3.63, 3.8) is 0 Å². The fraction of sp³-hybridized carbons (Fsp3) is 0.385. The quantitative estimate of drug-likeness (QED) is 0.620. The summed E-state index contributed by atoms with van der Waals surface area (Å²) in [6, 6.07) is 5.83. The van der Waals surface area contributed by atoms with Crippen LogP contribution in [0.15, 0.2) is 24.4 Å². The SMILES string of the molecule is Cn1nnc(C2CN(c3nnc4ccccn34)CCO2)n1.O=CO. The molecule has 1 aliphatic heterocycles. The van der Waals surface area contributed by atoms with Crippen molar-refractivity contribution in [1.29, 1.82) is 0 Å². The maximum absolute atomic E-state index is 8.36. The summed E-state index contributed by atoms with van der Waals surface area (Å²) >= 11 is 0. The van der Waals surface area contributed by atoms with Gasteiger partial charge < -0.3 is 14.7 Å². The lowest BCUT2D eigenvalue weighted by Gasteiger charge is -2.31. The average molecular weight is 332 g/mol. The van der Waals surface area contributed by atoms with Crippen LogP contribution in [-0.4, -0.2) is 66.1 Å². The Morgan fingerprint density at radius 2 is 2.17 bits per heavy atom. The predicted octanol–water partition coefficient (Wildman–Crippen LogP) is -0.468. The second-order valence-corrected chi connectivity index (χ2v) is 4.98. The molecule has 126 valence electrons. The molecule has 0 spiro atoms. The number of hydrogen-bond acceptors (Lipinski definition) is 8. The lowest BCUT2D eigenvalue weighted by atomic mass is 10.2. The first kappa shape index (κ1) is 15.8. The minimum Gasteiger partial charge on any atom is -0.483 e. The Morgan fingerprint density at radius 1 is 1.33 bits per heavy atom. The van der Waals surface area contributed by atoms with E-state index in [2.05, 4.69) is 30.5 Å². The van der Waals surface area contributed by atoms with Gasteiger partial charge in [-0.2, -0.15) is 4.80 Å². The van der Waals surface area contributed by atoms with Crippen molar-refractivity contribution in [3.8, 4) is 0 Å². The molecule has 0 radical (unpaired) electrons. The van der Waals surface area contributed by atoms with Gasteiger partial charge in [0, 0.05) is 12.7 Å². The number of fused-ring (bicyclic) bond motifs is 1. The maximum Gasteiger partial charge on any atom is 0.290 e. The van der Waals surface area contributed by atoms with E-state index in [1.807, 2.05) is 28.8 Å². The molecule has 0 aromatic carbocycles. The van der Waals surface area contributed by atoms with E-state index in [0.717, 1.165) is 18.1 Å². The van der Waals surface area contributed by atoms with Crippen LogP contribution in [0, 0.1) is 0 Å². The van der Waals surface area contributed by atoms with Crippen LogP contribution < -0.4 is 4.90 Å². The summed E-state index contributed by atoms with van der Waals surface area (Å²) < 4.78 is 7.71. The number of carboxylic acid groups (broad SMARTS) is 1. The van der Waals surface area contributed by atoms with Gasteiger partial charge >= 0.3 is 0 Å². The molecule has 3 aromatic heterocycles. The van der Waals surface area contributed by atoms with Crippen LogP contribution in [0.25, 0.3) is 5.65 Å². The molecule has 0 aliphatic carbocycles. The van der Waals surface area contributed by atoms with E-state index in [4.69, 9.17) is 14.6 Å². The number of aryl methyl sites for hydroxylation is 1. The second kappa shape index (κ2) is 7.00. The summed E-state index contributed by atoms with van der Waals surface area (Å²) in [5.41, 5.74) is 0.827. The standard InChI is InChI=1S/C12H14N8O.CH2O2/c1-18-16-11(14-17-18)9-8-19(6-7-21-9)12-15-13-10-4-2-3-5-20(10)12;2-1-3/h2-5,9H,6-8H2,1H3;1H,(H,2,3). The number of pyridine rings is 1. The molecule has 11 nitrogen and oxygen atoms in total. The van der Waals surface area contributed by atoms with Crippen molar-refractivity contribution < 1.29 is 14.6 Å². The van der Waals surface area contributed by atoms with Gasteiger partial charge in [0.1, 0.15) is 6.10 Å². The number of nitrogens with zero attached hydrogens (tertiary/aromatic N) is 8. The van der Waals surface area contributed by atoms with Gasteiger partial charge in [0.2, 0.25) is 11.8 Å². The molecular formula is C13H16N8O3. The molecule has 1 unspecified atom stereocenters. The van der Waals surface area contributed by atoms with Gasteiger partial charge in [-0.15, -0.1) is 20.4 Å². The summed E-state index contributed by atoms with van der Waals surface area (Å²) in [6.45, 7) is 1.72. The van der Waals surface area contributed by atoms with Gasteiger partial charge in [-0.05, 0) is 17.3 Å². The van der Waals surface area contributed by atoms with E-state index in [1.54, 1.807) is 7.05 Å². The molecule has 0 amide bonds. The first-order chi connectivity index (χ1) is 11.7. The first-order valence-corrected chi connectivity index (χ1v) is 7.21. The lowest BCUT2D eigenvalue weighted by Crippen LogP contribution is -2.39. The Bertz CT molecular complexity index is 816. The van der Waals surface area contributed by atoms with Crippen LogP contribution in [0.1, 0.15) is 11.9 Å². The predicted molar refractivity (Wildman–Crippen MR) is 81.4 cm³/mol. The monoisotopic (exact) mass is 332 g/mol. The number of tetrazole rings is 1. The van der Waals surface area contributed by atoms with Crippen molar-refractivity contribution in [3.05, 3.63) is 30.2 Å². The zero-order chi connectivity index (χ0) is 16.9. The zero-order valence-electron chi connectivity index (χ0n) is 12.9. The van der Waals surface area contributed by atoms with Crippen molar-refractivity contribution in [2.45, 2.75) is 6.10 Å². The van der Waals surface area contributed by atoms with Crippen molar-refractivity contribution >= 4 is 18.1 Å². The Labute approximate surface area is 136 Å². The van der Waals surface area contributed by atoms with Crippen molar-refractivity contribution in [2.24, 2.45) is 7.05 Å². The third-order valence-electron chi connectivity index (χ3n) is 3.46. The van der Waals surface area contributed by atoms with Crippen LogP contribution in [0.2, 0.25) is 0 Å². The molecule has 4 heterocycles. The van der Waals surface area contributed by atoms with Gasteiger partial charge in [0.05, 0.1) is 20.2 Å². The fourth-order valence-electron chi connectivity index (χ4n) is 2.46. The summed E-state index contributed by atoms with van der Waals surface area (Å²) in [5.74, 6) is 1.40. The van der Waals surface area contributed by atoms with Crippen LogP contribution in [0.4, 0.5) is 5.95 Å². The third kappa shape index (κ3) is 3.15. The molecule has 1 fully saturated rings. The Hall–Kier alpha value is -3.08. The number of morpholine rings is 1. The minimum atomic E-state index is -0.250. The lowest BCUT2D eigenvalue weighted by molar-refractivity contribution is -0.122. The number of rotatable bonds is 2. The van der Waals surface area contributed by atoms with E-state index in [1.165, 1.54) is 4.80 Å². The summed E-state index contributed by atoms with van der Waals surface area (Å²) in [4.78, 5) is 11.9. The van der Waals surface area contributed by atoms with Crippen molar-refractivity contribution in [2.75, 3.05) is 24.6 Å². The Morgan fingerprint density at radius 3 is 2.92 bits per heavy atom. The van der Waals surface area contributed by atoms with Crippen LogP contribution in [0.3, 0.4) is 0 Å². The van der Waals surface area contributed by atoms with E-state index in [9.17, 15) is 0 Å². The Kier molecular flexibility index (Phi) is 4.61. The van der Waals surface area contributed by atoms with E-state index in [0.29, 0.717) is 19.0 Å². The minimum absolute atomic E-state index is 0.205. The largest absolute Gasteiger partial charge is 0.483 e. The van der Waals surface area contributed by atoms with E-state index >= 15 is 0 Å². The molecule has 3 aromatic rings. The second-order valence-electron chi connectivity index (χ2n) is 4.98. The van der Waals surface area contributed by atoms with Gasteiger partial charge in [0.15, 0.2) is 5.65 Å². The van der Waals surface area contributed by atoms with Crippen LogP contribution >= 0.6 is 0 Å². The van der Waals surface area contributed by atoms with Crippen LogP contribution in [-0.2, 0) is 16.6 Å². The molecule has 0 saturated carbocycles. The third-order valence-corrected chi connectivity index (χ3v) is 3.46. The van der Waals surface area contributed by atoms with Gasteiger partial charge in [-0.25, -0.2) is 0 Å².